The Balaban J connectivity index is 0.641. The number of fused-ring (bicyclic) bond motifs is 1. The lowest BCUT2D eigenvalue weighted by atomic mass is 9.85. The molecule has 3 aromatic heterocycles. The number of carbonyl (C=O) groups excluding carboxylic acids is 7. The summed E-state index contributed by atoms with van der Waals surface area (Å²) in [5.41, 5.74) is 6.04. The summed E-state index contributed by atoms with van der Waals surface area (Å²) in [6.45, 7) is 11.8. The summed E-state index contributed by atoms with van der Waals surface area (Å²) in [5.74, 6) is -2.00. The van der Waals surface area contributed by atoms with E-state index in [1.54, 1.807) is 71.7 Å². The number of aliphatic hydroxyl groups is 1. The maximum atomic E-state index is 14.1. The number of hydrogen-bond donors (Lipinski definition) is 7. The number of amides is 7. The van der Waals surface area contributed by atoms with Crippen LogP contribution in [-0.2, 0) is 48.0 Å². The van der Waals surface area contributed by atoms with Gasteiger partial charge in [0.2, 0.25) is 35.4 Å². The molecule has 2 aliphatic rings. The fourth-order valence-electron chi connectivity index (χ4n) is 10.8. The molecule has 21 nitrogen and oxygen atoms in total. The zero-order chi connectivity index (χ0) is 62.9. The molecule has 0 saturated carbocycles. The van der Waals surface area contributed by atoms with Crippen LogP contribution in [0.1, 0.15) is 98.5 Å². The number of rotatable bonds is 22. The normalized spacial score (nSPS) is 15.9. The number of aromatic nitrogens is 5. The number of nitrogens with zero attached hydrogens (tertiary/aromatic N) is 7. The minimum absolute atomic E-state index is 0.0143. The Morgan fingerprint density at radius 1 is 0.773 bits per heavy atom. The van der Waals surface area contributed by atoms with Crippen LogP contribution in [0.2, 0.25) is 0 Å². The molecule has 5 heterocycles. The van der Waals surface area contributed by atoms with Gasteiger partial charge in [0, 0.05) is 99.0 Å². The third-order valence-corrected chi connectivity index (χ3v) is 16.7. The summed E-state index contributed by atoms with van der Waals surface area (Å²) in [4.78, 5) is 104. The fourth-order valence-corrected chi connectivity index (χ4v) is 11.6. The average molecular weight is 1230 g/mol. The number of piperazine rings is 1. The van der Waals surface area contributed by atoms with E-state index in [1.165, 1.54) is 28.6 Å². The summed E-state index contributed by atoms with van der Waals surface area (Å²) in [7, 11) is 0. The standard InChI is InChI=1S/C63H72F3N13O8S/c1-38-12-20-46(30-49(38)63(64,65)66)71-54(83)36-78-34-44(33-69-78)43-19-23-48-50(29-43)74-75-58(48)73-59(85)42-17-21-45(22-18-42)70-52(81)9-6-7-11-55(84)77-27-25-76(26-28-77)24-8-10-53(82)72-57(62(3,4)5)61(87)79-35-47(80)31-51(79)60(86)67-32-40-13-15-41(16-14-40)56-39(2)68-37-88-56/h12-23,29-30,33-34,37,47,51,57,80H,6-11,24-28,31-32,35-36H2,1-5H3,(H,67,86)(H,70,81)(H,71,83)(H,72,82)(H2,73,74,75,85)/t47-,51+,57-/m1/s1. The van der Waals surface area contributed by atoms with Crippen molar-refractivity contribution in [3.05, 3.63) is 131 Å². The molecular formula is C63H72F3N13O8S. The number of aromatic amines is 1. The Hall–Kier alpha value is -8.81. The number of alkyl halides is 3. The third-order valence-electron chi connectivity index (χ3n) is 15.7. The molecule has 4 aromatic carbocycles. The molecule has 0 bridgehead atoms. The first kappa shape index (κ1) is 63.7. The second-order valence-electron chi connectivity index (χ2n) is 23.4. The van der Waals surface area contributed by atoms with E-state index in [1.807, 2.05) is 56.9 Å². The molecule has 0 aliphatic carbocycles. The molecule has 464 valence electrons. The van der Waals surface area contributed by atoms with E-state index in [-0.39, 0.29) is 79.6 Å². The number of unbranched alkanes of at least 4 members (excludes halogenated alkanes) is 1. The Morgan fingerprint density at radius 2 is 1.47 bits per heavy atom. The van der Waals surface area contributed by atoms with Gasteiger partial charge in [-0.15, -0.1) is 11.3 Å². The zero-order valence-corrected chi connectivity index (χ0v) is 50.4. The number of benzene rings is 4. The van der Waals surface area contributed by atoms with Crippen LogP contribution in [0.3, 0.4) is 0 Å². The van der Waals surface area contributed by atoms with Gasteiger partial charge in [-0.1, -0.05) is 57.2 Å². The van der Waals surface area contributed by atoms with Crippen LogP contribution in [0.25, 0.3) is 32.5 Å². The molecule has 7 N–H and O–H groups in total. The molecule has 2 fully saturated rings. The number of hydrogen-bond acceptors (Lipinski definition) is 13. The lowest BCUT2D eigenvalue weighted by molar-refractivity contribution is -0.144. The number of aliphatic hydroxyl groups excluding tert-OH is 1. The van der Waals surface area contributed by atoms with Crippen LogP contribution in [0, 0.1) is 19.3 Å². The molecule has 2 saturated heterocycles. The van der Waals surface area contributed by atoms with Crippen LogP contribution in [0.15, 0.2) is 103 Å². The van der Waals surface area contributed by atoms with E-state index in [4.69, 9.17) is 0 Å². The Bertz CT molecular complexity index is 3660. The number of H-pyrrole nitrogens is 1. The number of thiazole rings is 1. The quantitative estimate of drug-likeness (QED) is 0.0316. The van der Waals surface area contributed by atoms with Crippen molar-refractivity contribution >= 4 is 80.8 Å². The van der Waals surface area contributed by atoms with Gasteiger partial charge in [-0.3, -0.25) is 48.2 Å². The number of aryl methyl sites for hydroxylation is 2. The van der Waals surface area contributed by atoms with Crippen LogP contribution in [0.4, 0.5) is 30.4 Å². The largest absolute Gasteiger partial charge is 0.416 e. The van der Waals surface area contributed by atoms with Gasteiger partial charge in [0.05, 0.1) is 39.5 Å². The topological polar surface area (TPSA) is 269 Å². The molecule has 9 rings (SSSR count). The van der Waals surface area contributed by atoms with Gasteiger partial charge in [-0.05, 0) is 116 Å². The van der Waals surface area contributed by atoms with Crippen LogP contribution < -0.4 is 26.6 Å². The molecule has 88 heavy (non-hydrogen) atoms. The molecule has 0 spiro atoms. The zero-order valence-electron chi connectivity index (χ0n) is 49.6. The average Bonchev–Trinajstić information content (AvgIpc) is 4.28. The van der Waals surface area contributed by atoms with Crippen molar-refractivity contribution in [3.8, 4) is 21.6 Å². The van der Waals surface area contributed by atoms with Crippen molar-refractivity contribution in [1.82, 2.24) is 50.3 Å². The van der Waals surface area contributed by atoms with Crippen LogP contribution >= 0.6 is 11.3 Å². The molecule has 0 unspecified atom stereocenters. The van der Waals surface area contributed by atoms with Crippen molar-refractivity contribution < 1.29 is 51.8 Å². The van der Waals surface area contributed by atoms with Crippen LogP contribution in [0.5, 0.6) is 0 Å². The predicted octanol–water partition coefficient (Wildman–Crippen LogP) is 8.31. The summed E-state index contributed by atoms with van der Waals surface area (Å²) in [6, 6.07) is 21.4. The number of likely N-dealkylation sites (tertiary alicyclic amines) is 1. The highest BCUT2D eigenvalue weighted by atomic mass is 32.1. The molecular weight excluding hydrogens is 1160 g/mol. The fraction of sp³-hybridized carbons (Fsp3) is 0.397. The first-order valence-electron chi connectivity index (χ1n) is 29.2. The van der Waals surface area contributed by atoms with Gasteiger partial charge >= 0.3 is 6.18 Å². The Labute approximate surface area is 510 Å². The van der Waals surface area contributed by atoms with E-state index in [9.17, 15) is 51.8 Å². The van der Waals surface area contributed by atoms with Crippen molar-refractivity contribution in [2.24, 2.45) is 5.41 Å². The van der Waals surface area contributed by atoms with Gasteiger partial charge in [0.25, 0.3) is 5.91 Å². The van der Waals surface area contributed by atoms with Crippen molar-refractivity contribution in [1.29, 1.82) is 0 Å². The van der Waals surface area contributed by atoms with Gasteiger partial charge in [0.15, 0.2) is 5.82 Å². The Morgan fingerprint density at radius 3 is 2.17 bits per heavy atom. The van der Waals surface area contributed by atoms with Crippen molar-refractivity contribution in [2.45, 2.75) is 117 Å². The smallest absolute Gasteiger partial charge is 0.391 e. The first-order chi connectivity index (χ1) is 41.9. The highest BCUT2D eigenvalue weighted by Gasteiger charge is 2.44. The van der Waals surface area contributed by atoms with Gasteiger partial charge in [-0.25, -0.2) is 4.98 Å². The molecule has 0 radical (unpaired) electrons. The van der Waals surface area contributed by atoms with Gasteiger partial charge < -0.3 is 41.5 Å². The van der Waals surface area contributed by atoms with Gasteiger partial charge in [-0.2, -0.15) is 23.4 Å². The highest BCUT2D eigenvalue weighted by molar-refractivity contribution is 7.13. The maximum Gasteiger partial charge on any atom is 0.416 e. The number of halogens is 3. The maximum absolute atomic E-state index is 14.1. The minimum atomic E-state index is -4.56. The van der Waals surface area contributed by atoms with E-state index in [2.05, 4.69) is 51.8 Å². The molecule has 7 amide bonds. The summed E-state index contributed by atoms with van der Waals surface area (Å²) in [6.07, 6.45) is 0.0666. The first-order valence-corrected chi connectivity index (χ1v) is 30.1. The monoisotopic (exact) mass is 1230 g/mol. The molecule has 2 aliphatic heterocycles. The van der Waals surface area contributed by atoms with Gasteiger partial charge in [0.1, 0.15) is 18.6 Å². The van der Waals surface area contributed by atoms with Crippen LogP contribution in [-0.4, -0.2) is 144 Å². The summed E-state index contributed by atoms with van der Waals surface area (Å²) >= 11 is 1.56. The summed E-state index contributed by atoms with van der Waals surface area (Å²) in [5, 5.41) is 36.7. The second kappa shape index (κ2) is 27.9. The second-order valence-corrected chi connectivity index (χ2v) is 24.2. The number of β-amino-alcohol motifs (C(OH)–C–C–N with tert-alkyl or cyclic N) is 1. The predicted molar refractivity (Wildman–Crippen MR) is 328 cm³/mol. The SMILES string of the molecule is Cc1ccc(NC(=O)Cn2cc(-c3ccc4c(NC(=O)c5ccc(NC(=O)CCCCC(=O)N6CCN(CCCC(=O)N[C@H](C(=O)N7C[C@H](O)C[C@H]7C(=O)NCc7ccc(-c8scnc8C)cc7)C(C)(C)C)CC6)cc5)n[nH]c4c3)cn2)cc1C(F)(F)F. The Kier molecular flexibility index (Phi) is 20.2. The van der Waals surface area contributed by atoms with Crippen molar-refractivity contribution in [3.63, 3.8) is 0 Å². The van der Waals surface area contributed by atoms with E-state index in [0.29, 0.717) is 86.1 Å². The number of carbonyl (C=O) groups is 7. The third kappa shape index (κ3) is 16.4. The van der Waals surface area contributed by atoms with Crippen molar-refractivity contribution in [2.75, 3.05) is 55.2 Å². The lowest BCUT2D eigenvalue weighted by Crippen LogP contribution is -2.57. The molecule has 3 atom stereocenters. The summed E-state index contributed by atoms with van der Waals surface area (Å²) < 4.78 is 41.5. The molecule has 25 heteroatoms. The minimum Gasteiger partial charge on any atom is -0.391 e. The lowest BCUT2D eigenvalue weighted by Gasteiger charge is -2.36. The number of anilines is 3. The highest BCUT2D eigenvalue weighted by Crippen LogP contribution is 2.34. The molecule has 7 aromatic rings. The van der Waals surface area contributed by atoms with E-state index < -0.39 is 53.1 Å². The van der Waals surface area contributed by atoms with E-state index in [0.717, 1.165) is 33.3 Å². The number of nitrogens with one attached hydrogen (secondary N) is 6. The van der Waals surface area contributed by atoms with E-state index >= 15 is 0 Å².